The molecule has 1 aromatic carbocycles. The lowest BCUT2D eigenvalue weighted by Gasteiger charge is -2.15. The molecule has 0 radical (unpaired) electrons. The Kier molecular flexibility index (Phi) is 5.64. The van der Waals surface area contributed by atoms with Crippen LogP contribution < -0.4 is 11.3 Å². The average molecular weight is 296 g/mol. The van der Waals surface area contributed by atoms with Crippen LogP contribution in [0.15, 0.2) is 35.7 Å². The Morgan fingerprint density at radius 1 is 1.20 bits per heavy atom. The lowest BCUT2D eigenvalue weighted by molar-refractivity contribution is 0.472. The molecule has 0 spiro atoms. The number of nitrogens with two attached hydrogens (primary N) is 1. The minimum atomic E-state index is -0.816. The Morgan fingerprint density at radius 2 is 2.05 bits per heavy atom. The van der Waals surface area contributed by atoms with Crippen LogP contribution in [0.5, 0.6) is 0 Å². The zero-order valence-corrected chi connectivity index (χ0v) is 11.9. The topological polar surface area (TPSA) is 38.0 Å². The van der Waals surface area contributed by atoms with E-state index in [1.54, 1.807) is 17.4 Å². The summed E-state index contributed by atoms with van der Waals surface area (Å²) in [4.78, 5) is 1.36. The molecule has 0 amide bonds. The van der Waals surface area contributed by atoms with Crippen LogP contribution in [0, 0.1) is 11.6 Å². The highest BCUT2D eigenvalue weighted by Gasteiger charge is 2.10. The molecule has 1 unspecified atom stereocenters. The van der Waals surface area contributed by atoms with Gasteiger partial charge in [-0.05, 0) is 54.8 Å². The summed E-state index contributed by atoms with van der Waals surface area (Å²) >= 11 is 1.75. The smallest absolute Gasteiger partial charge is 0.159 e. The van der Waals surface area contributed by atoms with Crippen LogP contribution in [0.1, 0.15) is 23.3 Å². The molecule has 0 aliphatic rings. The van der Waals surface area contributed by atoms with Gasteiger partial charge in [0.2, 0.25) is 0 Å². The molecule has 20 heavy (non-hydrogen) atoms. The SMILES string of the molecule is NNC(CCCc1cccs1)Cc1ccc(F)c(F)c1. The van der Waals surface area contributed by atoms with Gasteiger partial charge in [-0.2, -0.15) is 0 Å². The average Bonchev–Trinajstić information content (AvgIpc) is 2.95. The first kappa shape index (κ1) is 15.1. The molecule has 3 N–H and O–H groups in total. The van der Waals surface area contributed by atoms with Crippen molar-refractivity contribution in [3.05, 3.63) is 57.8 Å². The fourth-order valence-corrected chi connectivity index (χ4v) is 2.92. The Bertz CT molecular complexity index is 529. The predicted octanol–water partition coefficient (Wildman–Crippen LogP) is 3.42. The van der Waals surface area contributed by atoms with Crippen molar-refractivity contribution < 1.29 is 8.78 Å². The summed E-state index contributed by atoms with van der Waals surface area (Å²) in [5, 5.41) is 2.06. The van der Waals surface area contributed by atoms with Gasteiger partial charge in [-0.3, -0.25) is 11.3 Å². The van der Waals surface area contributed by atoms with E-state index in [1.807, 2.05) is 6.07 Å². The largest absolute Gasteiger partial charge is 0.271 e. The van der Waals surface area contributed by atoms with E-state index in [1.165, 1.54) is 10.9 Å². The summed E-state index contributed by atoms with van der Waals surface area (Å²) in [5.41, 5.74) is 3.50. The Hall–Kier alpha value is -1.30. The fraction of sp³-hybridized carbons (Fsp3) is 0.333. The van der Waals surface area contributed by atoms with Crippen LogP contribution in [0.25, 0.3) is 0 Å². The van der Waals surface area contributed by atoms with Gasteiger partial charge < -0.3 is 0 Å². The summed E-state index contributed by atoms with van der Waals surface area (Å²) in [6.07, 6.45) is 3.53. The van der Waals surface area contributed by atoms with Crippen molar-refractivity contribution >= 4 is 11.3 Å². The maximum atomic E-state index is 13.1. The van der Waals surface area contributed by atoms with Gasteiger partial charge in [0.15, 0.2) is 11.6 Å². The highest BCUT2D eigenvalue weighted by Crippen LogP contribution is 2.15. The molecular formula is C15H18F2N2S. The number of hydrogen-bond acceptors (Lipinski definition) is 3. The van der Waals surface area contributed by atoms with Crippen LogP contribution in [0.3, 0.4) is 0 Å². The number of rotatable bonds is 7. The monoisotopic (exact) mass is 296 g/mol. The Morgan fingerprint density at radius 3 is 2.70 bits per heavy atom. The minimum absolute atomic E-state index is 0.0693. The molecule has 0 aliphatic carbocycles. The number of halogens is 2. The normalized spacial score (nSPS) is 12.6. The van der Waals surface area contributed by atoms with E-state index in [0.29, 0.717) is 6.42 Å². The summed E-state index contributed by atoms with van der Waals surface area (Å²) in [6.45, 7) is 0. The molecule has 108 valence electrons. The fourth-order valence-electron chi connectivity index (χ4n) is 2.17. The van der Waals surface area contributed by atoms with Gasteiger partial charge >= 0.3 is 0 Å². The van der Waals surface area contributed by atoms with Crippen molar-refractivity contribution in [1.82, 2.24) is 5.43 Å². The van der Waals surface area contributed by atoms with E-state index in [9.17, 15) is 8.78 Å². The molecule has 0 fully saturated rings. The lowest BCUT2D eigenvalue weighted by Crippen LogP contribution is -2.36. The van der Waals surface area contributed by atoms with Crippen molar-refractivity contribution in [2.75, 3.05) is 0 Å². The number of nitrogens with one attached hydrogen (secondary N) is 1. The first-order chi connectivity index (χ1) is 9.69. The van der Waals surface area contributed by atoms with Gasteiger partial charge in [-0.25, -0.2) is 8.78 Å². The highest BCUT2D eigenvalue weighted by molar-refractivity contribution is 7.09. The van der Waals surface area contributed by atoms with E-state index < -0.39 is 11.6 Å². The van der Waals surface area contributed by atoms with Gasteiger partial charge in [-0.1, -0.05) is 12.1 Å². The van der Waals surface area contributed by atoms with Crippen molar-refractivity contribution in [1.29, 1.82) is 0 Å². The minimum Gasteiger partial charge on any atom is -0.271 e. The van der Waals surface area contributed by atoms with Crippen molar-refractivity contribution in [2.24, 2.45) is 5.84 Å². The molecule has 1 atom stereocenters. The summed E-state index contributed by atoms with van der Waals surface area (Å²) in [7, 11) is 0. The molecule has 5 heteroatoms. The van der Waals surface area contributed by atoms with Crippen LogP contribution in [-0.2, 0) is 12.8 Å². The van der Waals surface area contributed by atoms with Crippen molar-refractivity contribution in [3.8, 4) is 0 Å². The summed E-state index contributed by atoms with van der Waals surface area (Å²) < 4.78 is 26.0. The maximum Gasteiger partial charge on any atom is 0.159 e. The third-order valence-electron chi connectivity index (χ3n) is 3.26. The second-order valence-corrected chi connectivity index (χ2v) is 5.82. The van der Waals surface area contributed by atoms with Gasteiger partial charge in [0.25, 0.3) is 0 Å². The van der Waals surface area contributed by atoms with Crippen molar-refractivity contribution in [3.63, 3.8) is 0 Å². The van der Waals surface area contributed by atoms with Crippen LogP contribution in [-0.4, -0.2) is 6.04 Å². The Labute approximate surface area is 121 Å². The first-order valence-electron chi connectivity index (χ1n) is 6.61. The molecule has 0 saturated heterocycles. The van der Waals surface area contributed by atoms with E-state index in [2.05, 4.69) is 16.9 Å². The molecular weight excluding hydrogens is 278 g/mol. The molecule has 2 aromatic rings. The molecule has 0 bridgehead atoms. The van der Waals surface area contributed by atoms with Gasteiger partial charge in [-0.15, -0.1) is 11.3 Å². The van der Waals surface area contributed by atoms with Gasteiger partial charge in [0, 0.05) is 10.9 Å². The predicted molar refractivity (Wildman–Crippen MR) is 78.4 cm³/mol. The molecule has 0 saturated carbocycles. The van der Waals surface area contributed by atoms with Gasteiger partial charge in [0.1, 0.15) is 0 Å². The van der Waals surface area contributed by atoms with Crippen LogP contribution in [0.2, 0.25) is 0 Å². The molecule has 1 heterocycles. The standard InChI is InChI=1S/C15H18F2N2S/c16-14-7-6-11(10-15(14)17)9-12(19-18)3-1-4-13-5-2-8-20-13/h2,5-8,10,12,19H,1,3-4,9,18H2. The van der Waals surface area contributed by atoms with Gasteiger partial charge in [0.05, 0.1) is 0 Å². The zero-order valence-electron chi connectivity index (χ0n) is 11.1. The quantitative estimate of drug-likeness (QED) is 0.607. The van der Waals surface area contributed by atoms with Crippen LogP contribution >= 0.6 is 11.3 Å². The first-order valence-corrected chi connectivity index (χ1v) is 7.49. The maximum absolute atomic E-state index is 13.1. The van der Waals surface area contributed by atoms with E-state index >= 15 is 0 Å². The molecule has 1 aromatic heterocycles. The Balaban J connectivity index is 1.83. The summed E-state index contributed by atoms with van der Waals surface area (Å²) in [5.74, 6) is 3.91. The number of hydrazine groups is 1. The van der Waals surface area contributed by atoms with E-state index in [0.717, 1.165) is 30.9 Å². The number of thiophene rings is 1. The molecule has 0 aliphatic heterocycles. The van der Waals surface area contributed by atoms with E-state index in [-0.39, 0.29) is 6.04 Å². The molecule has 2 nitrogen and oxygen atoms in total. The second-order valence-electron chi connectivity index (χ2n) is 4.79. The van der Waals surface area contributed by atoms with Crippen molar-refractivity contribution in [2.45, 2.75) is 31.7 Å². The second kappa shape index (κ2) is 7.47. The summed E-state index contributed by atoms with van der Waals surface area (Å²) in [6, 6.07) is 8.22. The third kappa shape index (κ3) is 4.37. The molecule has 2 rings (SSSR count). The van der Waals surface area contributed by atoms with Crippen LogP contribution in [0.4, 0.5) is 8.78 Å². The van der Waals surface area contributed by atoms with E-state index in [4.69, 9.17) is 5.84 Å². The number of benzene rings is 1. The third-order valence-corrected chi connectivity index (χ3v) is 4.19. The lowest BCUT2D eigenvalue weighted by atomic mass is 10.0. The number of hydrogen-bond donors (Lipinski definition) is 2. The highest BCUT2D eigenvalue weighted by atomic mass is 32.1. The number of aryl methyl sites for hydroxylation is 1. The zero-order chi connectivity index (χ0) is 14.4.